The number of hydrogen-bond acceptors (Lipinski definition) is 2. The van der Waals surface area contributed by atoms with Crippen molar-refractivity contribution in [2.24, 2.45) is 10.7 Å². The average molecular weight is 128 g/mol. The summed E-state index contributed by atoms with van der Waals surface area (Å²) >= 11 is 0. The first kappa shape index (κ1) is 8.63. The lowest BCUT2D eigenvalue weighted by Crippen LogP contribution is -1.97. The predicted octanol–water partition coefficient (Wildman–Crippen LogP) is 1.21. The Kier molecular flexibility index (Phi) is 7.32. The Hall–Kier alpha value is -0.370. The Balaban J connectivity index is 2.75. The molecule has 0 atom stereocenters. The number of rotatable bonds is 5. The highest BCUT2D eigenvalue weighted by Gasteiger charge is 1.82. The Morgan fingerprint density at radius 2 is 2.11 bits per heavy atom. The van der Waals surface area contributed by atoms with Crippen LogP contribution in [0, 0.1) is 0 Å². The van der Waals surface area contributed by atoms with Gasteiger partial charge in [0.15, 0.2) is 0 Å². The van der Waals surface area contributed by atoms with Crippen molar-refractivity contribution in [2.45, 2.75) is 25.7 Å². The van der Waals surface area contributed by atoms with Crippen LogP contribution in [-0.4, -0.2) is 19.8 Å². The summed E-state index contributed by atoms with van der Waals surface area (Å²) in [4.78, 5) is 3.88. The summed E-state index contributed by atoms with van der Waals surface area (Å²) in [7, 11) is 1.81. The molecular weight excluding hydrogens is 112 g/mol. The molecule has 0 aromatic rings. The van der Waals surface area contributed by atoms with Gasteiger partial charge in [-0.1, -0.05) is 6.42 Å². The van der Waals surface area contributed by atoms with Crippen molar-refractivity contribution in [2.75, 3.05) is 13.6 Å². The highest BCUT2D eigenvalue weighted by atomic mass is 14.6. The molecular formula is C7H16N2. The molecule has 0 aromatic heterocycles. The topological polar surface area (TPSA) is 38.4 Å². The minimum absolute atomic E-state index is 0.823. The van der Waals surface area contributed by atoms with Crippen molar-refractivity contribution in [1.82, 2.24) is 0 Å². The summed E-state index contributed by atoms with van der Waals surface area (Å²) in [6, 6.07) is 0. The standard InChI is InChI=1S/C7H16N2/c1-9-7-5-3-2-4-6-8/h7H,2-6,8H2,1H3. The Morgan fingerprint density at radius 1 is 1.33 bits per heavy atom. The zero-order valence-electron chi connectivity index (χ0n) is 6.14. The fraction of sp³-hybridized carbons (Fsp3) is 0.857. The summed E-state index contributed by atoms with van der Waals surface area (Å²) in [5.74, 6) is 0. The lowest BCUT2D eigenvalue weighted by molar-refractivity contribution is 0.708. The summed E-state index contributed by atoms with van der Waals surface area (Å²) in [5.41, 5.74) is 5.31. The van der Waals surface area contributed by atoms with Gasteiger partial charge < -0.3 is 10.7 Å². The number of aliphatic imine (C=N–C) groups is 1. The minimum atomic E-state index is 0.823. The second kappa shape index (κ2) is 7.63. The first-order valence-corrected chi connectivity index (χ1v) is 3.52. The van der Waals surface area contributed by atoms with E-state index in [0.29, 0.717) is 0 Å². The monoisotopic (exact) mass is 128 g/mol. The number of hydrogen-bond donors (Lipinski definition) is 1. The van der Waals surface area contributed by atoms with E-state index in [1.165, 1.54) is 12.8 Å². The smallest absolute Gasteiger partial charge is 0.0273 e. The SMILES string of the molecule is CN=CCCCCCN. The lowest BCUT2D eigenvalue weighted by atomic mass is 10.2. The molecule has 0 amide bonds. The van der Waals surface area contributed by atoms with Crippen LogP contribution in [0.2, 0.25) is 0 Å². The van der Waals surface area contributed by atoms with Crippen LogP contribution >= 0.6 is 0 Å². The molecule has 0 aromatic carbocycles. The molecule has 0 aliphatic heterocycles. The molecule has 2 nitrogen and oxygen atoms in total. The zero-order chi connectivity index (χ0) is 6.95. The molecule has 2 heteroatoms. The quantitative estimate of drug-likeness (QED) is 0.438. The van der Waals surface area contributed by atoms with Gasteiger partial charge >= 0.3 is 0 Å². The van der Waals surface area contributed by atoms with E-state index in [4.69, 9.17) is 5.73 Å². The summed E-state index contributed by atoms with van der Waals surface area (Å²) in [6.07, 6.45) is 6.68. The van der Waals surface area contributed by atoms with Gasteiger partial charge in [-0.2, -0.15) is 0 Å². The van der Waals surface area contributed by atoms with E-state index in [9.17, 15) is 0 Å². The highest BCUT2D eigenvalue weighted by Crippen LogP contribution is 1.95. The highest BCUT2D eigenvalue weighted by molar-refractivity contribution is 5.56. The molecule has 0 saturated carbocycles. The molecule has 0 unspecified atom stereocenters. The fourth-order valence-electron chi connectivity index (χ4n) is 0.686. The van der Waals surface area contributed by atoms with Gasteiger partial charge in [0.1, 0.15) is 0 Å². The third kappa shape index (κ3) is 7.63. The molecule has 9 heavy (non-hydrogen) atoms. The van der Waals surface area contributed by atoms with Crippen molar-refractivity contribution in [3.05, 3.63) is 0 Å². The van der Waals surface area contributed by atoms with Gasteiger partial charge in [-0.25, -0.2) is 0 Å². The molecule has 0 radical (unpaired) electrons. The van der Waals surface area contributed by atoms with E-state index in [1.54, 1.807) is 0 Å². The van der Waals surface area contributed by atoms with Crippen LogP contribution in [0.4, 0.5) is 0 Å². The van der Waals surface area contributed by atoms with Gasteiger partial charge in [-0.05, 0) is 32.0 Å². The number of nitrogens with zero attached hydrogens (tertiary/aromatic N) is 1. The summed E-state index contributed by atoms with van der Waals surface area (Å²) < 4.78 is 0. The van der Waals surface area contributed by atoms with Gasteiger partial charge in [0, 0.05) is 7.05 Å². The van der Waals surface area contributed by atoms with E-state index in [1.807, 2.05) is 13.3 Å². The first-order chi connectivity index (χ1) is 4.41. The Labute approximate surface area is 57.2 Å². The van der Waals surface area contributed by atoms with Gasteiger partial charge in [-0.15, -0.1) is 0 Å². The van der Waals surface area contributed by atoms with E-state index in [2.05, 4.69) is 4.99 Å². The molecule has 0 spiro atoms. The van der Waals surface area contributed by atoms with Crippen LogP contribution in [-0.2, 0) is 0 Å². The largest absolute Gasteiger partial charge is 0.330 e. The molecule has 2 N–H and O–H groups in total. The van der Waals surface area contributed by atoms with Crippen LogP contribution in [0.5, 0.6) is 0 Å². The molecule has 0 saturated heterocycles. The molecule has 0 rings (SSSR count). The second-order valence-electron chi connectivity index (χ2n) is 2.08. The van der Waals surface area contributed by atoms with E-state index in [-0.39, 0.29) is 0 Å². The molecule has 0 aliphatic rings. The Bertz CT molecular complexity index is 69.3. The van der Waals surface area contributed by atoms with E-state index in [0.717, 1.165) is 19.4 Å². The lowest BCUT2D eigenvalue weighted by Gasteiger charge is -1.92. The molecule has 0 bridgehead atoms. The zero-order valence-corrected chi connectivity index (χ0v) is 6.14. The van der Waals surface area contributed by atoms with Crippen LogP contribution in [0.1, 0.15) is 25.7 Å². The molecule has 0 aliphatic carbocycles. The van der Waals surface area contributed by atoms with Gasteiger partial charge in [-0.3, -0.25) is 0 Å². The maximum atomic E-state index is 5.31. The first-order valence-electron chi connectivity index (χ1n) is 3.52. The average Bonchev–Trinajstić information content (AvgIpc) is 1.89. The third-order valence-electron chi connectivity index (χ3n) is 1.22. The van der Waals surface area contributed by atoms with Crippen LogP contribution in [0.3, 0.4) is 0 Å². The van der Waals surface area contributed by atoms with Crippen molar-refractivity contribution in [3.63, 3.8) is 0 Å². The molecule has 0 fully saturated rings. The maximum Gasteiger partial charge on any atom is 0.0273 e. The summed E-state index contributed by atoms with van der Waals surface area (Å²) in [6.45, 7) is 0.823. The molecule has 0 heterocycles. The summed E-state index contributed by atoms with van der Waals surface area (Å²) in [5, 5.41) is 0. The van der Waals surface area contributed by atoms with E-state index < -0.39 is 0 Å². The Morgan fingerprint density at radius 3 is 2.67 bits per heavy atom. The molecule has 54 valence electrons. The van der Waals surface area contributed by atoms with Gasteiger partial charge in [0.05, 0.1) is 0 Å². The van der Waals surface area contributed by atoms with Crippen molar-refractivity contribution in [1.29, 1.82) is 0 Å². The minimum Gasteiger partial charge on any atom is -0.330 e. The van der Waals surface area contributed by atoms with Crippen molar-refractivity contribution in [3.8, 4) is 0 Å². The fourth-order valence-corrected chi connectivity index (χ4v) is 0.686. The van der Waals surface area contributed by atoms with Crippen LogP contribution in [0.25, 0.3) is 0 Å². The van der Waals surface area contributed by atoms with Gasteiger partial charge in [0.2, 0.25) is 0 Å². The van der Waals surface area contributed by atoms with E-state index >= 15 is 0 Å². The number of unbranched alkanes of at least 4 members (excludes halogenated alkanes) is 3. The predicted molar refractivity (Wildman–Crippen MR) is 41.9 cm³/mol. The van der Waals surface area contributed by atoms with Crippen LogP contribution < -0.4 is 5.73 Å². The maximum absolute atomic E-state index is 5.31. The van der Waals surface area contributed by atoms with Crippen LogP contribution in [0.15, 0.2) is 4.99 Å². The second-order valence-corrected chi connectivity index (χ2v) is 2.08. The van der Waals surface area contributed by atoms with Crippen molar-refractivity contribution >= 4 is 6.21 Å². The third-order valence-corrected chi connectivity index (χ3v) is 1.22. The van der Waals surface area contributed by atoms with Crippen molar-refractivity contribution < 1.29 is 0 Å². The normalized spacial score (nSPS) is 10.9. The van der Waals surface area contributed by atoms with Gasteiger partial charge in [0.25, 0.3) is 0 Å². The number of nitrogens with two attached hydrogens (primary N) is 1.